The van der Waals surface area contributed by atoms with Crippen LogP contribution < -0.4 is 5.73 Å². The molecule has 4 N–H and O–H groups in total. The van der Waals surface area contributed by atoms with Crippen molar-refractivity contribution in [3.05, 3.63) is 52.1 Å². The summed E-state index contributed by atoms with van der Waals surface area (Å²) in [7, 11) is 0. The number of carbonyl (C=O) groups excluding carboxylic acids is 2. The molecular weight excluding hydrogens is 372 g/mol. The molecule has 1 aromatic heterocycles. The number of H-pyrrole nitrogens is 1. The summed E-state index contributed by atoms with van der Waals surface area (Å²) in [6.07, 6.45) is 0.488. The van der Waals surface area contributed by atoms with Crippen LogP contribution in [0.4, 0.5) is 0 Å². The van der Waals surface area contributed by atoms with Crippen LogP contribution in [0.5, 0.6) is 0 Å². The maximum absolute atomic E-state index is 12.5. The third-order valence-electron chi connectivity index (χ3n) is 4.46. The van der Waals surface area contributed by atoms with Gasteiger partial charge in [0.2, 0.25) is 5.91 Å². The average Bonchev–Trinajstić information content (AvgIpc) is 2.90. The Hall–Kier alpha value is -2.87. The van der Waals surface area contributed by atoms with Gasteiger partial charge in [-0.15, -0.1) is 0 Å². The molecule has 1 aromatic carbocycles. The van der Waals surface area contributed by atoms with Crippen molar-refractivity contribution in [1.82, 2.24) is 14.9 Å². The van der Waals surface area contributed by atoms with Crippen molar-refractivity contribution in [3.8, 4) is 0 Å². The lowest BCUT2D eigenvalue weighted by atomic mass is 9.74. The first-order valence-electron chi connectivity index (χ1n) is 8.17. The third-order valence-corrected chi connectivity index (χ3v) is 4.71. The minimum atomic E-state index is -0.733. The number of aryl methyl sites for hydroxylation is 2. The molecule has 27 heavy (non-hydrogen) atoms. The van der Waals surface area contributed by atoms with Crippen LogP contribution in [0.2, 0.25) is 5.02 Å². The number of primary amides is 1. The van der Waals surface area contributed by atoms with Gasteiger partial charge in [0.15, 0.2) is 0 Å². The van der Waals surface area contributed by atoms with E-state index in [4.69, 9.17) is 27.2 Å². The van der Waals surface area contributed by atoms with Crippen molar-refractivity contribution in [1.29, 1.82) is 0 Å². The van der Waals surface area contributed by atoms with Gasteiger partial charge >= 0.3 is 0 Å². The molecule has 2 heterocycles. The summed E-state index contributed by atoms with van der Waals surface area (Å²) in [4.78, 5) is 41.7. The maximum atomic E-state index is 12.5. The Morgan fingerprint density at radius 3 is 2.33 bits per heavy atom. The second-order valence-electron chi connectivity index (χ2n) is 6.51. The number of aromatic nitrogens is 2. The number of nitrogens with two attached hydrogens (primary N) is 1. The lowest BCUT2D eigenvalue weighted by Crippen LogP contribution is -2.65. The van der Waals surface area contributed by atoms with E-state index in [0.29, 0.717) is 36.1 Å². The number of likely N-dealkylation sites (tertiary alicyclic amines) is 1. The van der Waals surface area contributed by atoms with Gasteiger partial charge in [-0.2, -0.15) is 0 Å². The molecule has 9 heteroatoms. The van der Waals surface area contributed by atoms with Crippen LogP contribution in [-0.2, 0) is 16.0 Å². The number of nitrogens with one attached hydrogen (secondary N) is 1. The molecule has 1 fully saturated rings. The van der Waals surface area contributed by atoms with Gasteiger partial charge in [0.1, 0.15) is 11.5 Å². The summed E-state index contributed by atoms with van der Waals surface area (Å²) >= 11 is 5.89. The molecule has 0 radical (unpaired) electrons. The number of amides is 2. The topological polar surface area (TPSA) is 129 Å². The van der Waals surface area contributed by atoms with Crippen molar-refractivity contribution in [2.24, 2.45) is 11.1 Å². The molecular formula is C18H21ClN4O4. The average molecular weight is 393 g/mol. The molecule has 1 aliphatic heterocycles. The number of hydrogen-bond acceptors (Lipinski definition) is 4. The predicted octanol–water partition coefficient (Wildman–Crippen LogP) is 1.55. The molecule has 144 valence electrons. The van der Waals surface area contributed by atoms with Gasteiger partial charge in [-0.1, -0.05) is 23.7 Å². The van der Waals surface area contributed by atoms with E-state index in [0.717, 1.165) is 11.3 Å². The van der Waals surface area contributed by atoms with Gasteiger partial charge in [0.25, 0.3) is 12.4 Å². The van der Waals surface area contributed by atoms with Gasteiger partial charge in [0.05, 0.1) is 5.41 Å². The Kier molecular flexibility index (Phi) is 6.22. The van der Waals surface area contributed by atoms with Gasteiger partial charge in [0, 0.05) is 23.8 Å². The highest BCUT2D eigenvalue weighted by Crippen LogP contribution is 2.35. The van der Waals surface area contributed by atoms with Crippen LogP contribution in [-0.4, -0.2) is 51.4 Å². The summed E-state index contributed by atoms with van der Waals surface area (Å²) in [5, 5.41) is 7.53. The molecule has 0 saturated carbocycles. The normalized spacial score (nSPS) is 14.6. The zero-order valence-electron chi connectivity index (χ0n) is 15.0. The first-order chi connectivity index (χ1) is 12.7. The number of aromatic amines is 1. The standard InChI is InChI=1S/C17H19ClN4O2.CH2O2/c1-10-14(21-11(2)20-10)15(23)22-8-17(9-22,16(19)24)7-12-3-5-13(18)6-4-12;2-1-3/h3-6H,7-9H2,1-2H3,(H2,19,24)(H,20,21);1H,(H,2,3). The van der Waals surface area contributed by atoms with E-state index in [2.05, 4.69) is 9.97 Å². The number of imidazole rings is 1. The van der Waals surface area contributed by atoms with Crippen LogP contribution >= 0.6 is 11.6 Å². The molecule has 1 aliphatic rings. The van der Waals surface area contributed by atoms with Crippen molar-refractivity contribution in [3.63, 3.8) is 0 Å². The molecule has 0 aliphatic carbocycles. The summed E-state index contributed by atoms with van der Waals surface area (Å²) in [5.41, 5.74) is 6.99. The highest BCUT2D eigenvalue weighted by Gasteiger charge is 2.50. The van der Waals surface area contributed by atoms with Crippen LogP contribution in [0.1, 0.15) is 27.6 Å². The van der Waals surface area contributed by atoms with Gasteiger partial charge in [-0.3, -0.25) is 14.4 Å². The molecule has 0 bridgehead atoms. The second-order valence-corrected chi connectivity index (χ2v) is 6.95. The third kappa shape index (κ3) is 4.46. The fourth-order valence-electron chi connectivity index (χ4n) is 3.14. The van der Waals surface area contributed by atoms with E-state index < -0.39 is 11.3 Å². The lowest BCUT2D eigenvalue weighted by Gasteiger charge is -2.48. The first kappa shape index (κ1) is 20.4. The van der Waals surface area contributed by atoms with E-state index in [-0.39, 0.29) is 12.4 Å². The summed E-state index contributed by atoms with van der Waals surface area (Å²) in [6, 6.07) is 7.31. The summed E-state index contributed by atoms with van der Waals surface area (Å²) < 4.78 is 0. The lowest BCUT2D eigenvalue weighted by molar-refractivity contribution is -0.135. The molecule has 0 unspecified atom stereocenters. The second kappa shape index (κ2) is 8.22. The van der Waals surface area contributed by atoms with E-state index >= 15 is 0 Å². The van der Waals surface area contributed by atoms with E-state index in [1.807, 2.05) is 19.1 Å². The monoisotopic (exact) mass is 392 g/mol. The number of carbonyl (C=O) groups is 3. The number of halogens is 1. The van der Waals surface area contributed by atoms with Crippen LogP contribution in [0.3, 0.4) is 0 Å². The van der Waals surface area contributed by atoms with Gasteiger partial charge in [-0.25, -0.2) is 4.98 Å². The number of nitrogens with zero attached hydrogens (tertiary/aromatic N) is 2. The van der Waals surface area contributed by atoms with Gasteiger partial charge < -0.3 is 20.7 Å². The predicted molar refractivity (Wildman–Crippen MR) is 99.4 cm³/mol. The van der Waals surface area contributed by atoms with Crippen LogP contribution in [0, 0.1) is 19.3 Å². The molecule has 3 rings (SSSR count). The van der Waals surface area contributed by atoms with Crippen LogP contribution in [0.25, 0.3) is 0 Å². The molecule has 1 saturated heterocycles. The van der Waals surface area contributed by atoms with Crippen LogP contribution in [0.15, 0.2) is 24.3 Å². The zero-order chi connectivity index (χ0) is 20.2. The molecule has 8 nitrogen and oxygen atoms in total. The minimum Gasteiger partial charge on any atom is -0.483 e. The zero-order valence-corrected chi connectivity index (χ0v) is 15.8. The maximum Gasteiger partial charge on any atom is 0.290 e. The quantitative estimate of drug-likeness (QED) is 0.680. The highest BCUT2D eigenvalue weighted by molar-refractivity contribution is 6.30. The SMILES string of the molecule is Cc1nc(C(=O)N2CC(Cc3ccc(Cl)cc3)(C(N)=O)C2)c(C)[nH]1.O=CO. The first-order valence-corrected chi connectivity index (χ1v) is 8.55. The highest BCUT2D eigenvalue weighted by atomic mass is 35.5. The van der Waals surface area contributed by atoms with Crippen molar-refractivity contribution < 1.29 is 19.5 Å². The Labute approximate surface area is 161 Å². The Bertz CT molecular complexity index is 842. The number of benzene rings is 1. The van der Waals surface area contributed by atoms with Gasteiger partial charge in [-0.05, 0) is 38.0 Å². The summed E-state index contributed by atoms with van der Waals surface area (Å²) in [6.45, 7) is 3.96. The Morgan fingerprint density at radius 2 is 1.89 bits per heavy atom. The minimum absolute atomic E-state index is 0.176. The van der Waals surface area contributed by atoms with Crippen molar-refractivity contribution in [2.75, 3.05) is 13.1 Å². The van der Waals surface area contributed by atoms with E-state index in [1.165, 1.54) is 0 Å². The van der Waals surface area contributed by atoms with Crippen molar-refractivity contribution in [2.45, 2.75) is 20.3 Å². The number of hydrogen-bond donors (Lipinski definition) is 3. The molecule has 0 atom stereocenters. The molecule has 2 amide bonds. The molecule has 0 spiro atoms. The smallest absolute Gasteiger partial charge is 0.290 e. The number of rotatable bonds is 4. The Balaban J connectivity index is 0.000000817. The largest absolute Gasteiger partial charge is 0.483 e. The van der Waals surface area contributed by atoms with Crippen molar-refractivity contribution >= 4 is 29.9 Å². The fourth-order valence-corrected chi connectivity index (χ4v) is 3.27. The number of carboxylic acid groups (broad SMARTS) is 1. The van der Waals surface area contributed by atoms with E-state index in [1.54, 1.807) is 24.0 Å². The fraction of sp³-hybridized carbons (Fsp3) is 0.333. The van der Waals surface area contributed by atoms with E-state index in [9.17, 15) is 9.59 Å². The summed E-state index contributed by atoms with van der Waals surface area (Å²) in [5.74, 6) is 0.125. The molecule has 2 aromatic rings. The Morgan fingerprint density at radius 1 is 1.33 bits per heavy atom.